The Morgan fingerprint density at radius 3 is 2.65 bits per heavy atom. The van der Waals surface area contributed by atoms with Crippen molar-refractivity contribution in [3.05, 3.63) is 10.7 Å². The van der Waals surface area contributed by atoms with Crippen molar-refractivity contribution in [1.82, 2.24) is 9.97 Å². The molecule has 2 heterocycles. The molecule has 6 heteroatoms. The molecule has 1 N–H and O–H groups in total. The van der Waals surface area contributed by atoms with Crippen molar-refractivity contribution in [3.8, 4) is 0 Å². The predicted molar refractivity (Wildman–Crippen MR) is 71.5 cm³/mol. The van der Waals surface area contributed by atoms with Crippen LogP contribution in [-0.2, 0) is 4.74 Å². The van der Waals surface area contributed by atoms with E-state index in [1.165, 1.54) is 0 Å². The summed E-state index contributed by atoms with van der Waals surface area (Å²) < 4.78 is 6.63. The van der Waals surface area contributed by atoms with Crippen LogP contribution in [0, 0.1) is 0 Å². The van der Waals surface area contributed by atoms with E-state index in [-0.39, 0.29) is 12.2 Å². The lowest BCUT2D eigenvalue weighted by molar-refractivity contribution is -0.00550. The van der Waals surface area contributed by atoms with Crippen LogP contribution in [0.25, 0.3) is 0 Å². The third kappa shape index (κ3) is 2.87. The van der Waals surface area contributed by atoms with Gasteiger partial charge in [-0.1, -0.05) is 0 Å². The number of halogens is 1. The van der Waals surface area contributed by atoms with Gasteiger partial charge in [-0.05, 0) is 29.8 Å². The van der Waals surface area contributed by atoms with Gasteiger partial charge in [-0.3, -0.25) is 0 Å². The molecule has 0 bridgehead atoms. The second kappa shape index (κ2) is 5.18. The highest BCUT2D eigenvalue weighted by atomic mass is 79.9. The Kier molecular flexibility index (Phi) is 3.83. The van der Waals surface area contributed by atoms with Crippen molar-refractivity contribution < 1.29 is 4.74 Å². The predicted octanol–water partition coefficient (Wildman–Crippen LogP) is 1.89. The fourth-order valence-corrected chi connectivity index (χ4v) is 2.49. The van der Waals surface area contributed by atoms with Crippen molar-refractivity contribution in [1.29, 1.82) is 0 Å². The molecule has 17 heavy (non-hydrogen) atoms. The van der Waals surface area contributed by atoms with Gasteiger partial charge in [-0.25, -0.2) is 4.98 Å². The number of hydrogen-bond acceptors (Lipinski definition) is 5. The Morgan fingerprint density at radius 1 is 1.41 bits per heavy atom. The molecule has 0 unspecified atom stereocenters. The lowest BCUT2D eigenvalue weighted by Crippen LogP contribution is -2.46. The van der Waals surface area contributed by atoms with Crippen LogP contribution in [0.2, 0.25) is 0 Å². The van der Waals surface area contributed by atoms with E-state index in [0.29, 0.717) is 5.95 Å². The van der Waals surface area contributed by atoms with Gasteiger partial charge in [0, 0.05) is 26.3 Å². The number of nitrogens with one attached hydrogen (secondary N) is 1. The van der Waals surface area contributed by atoms with Crippen molar-refractivity contribution >= 4 is 27.7 Å². The zero-order valence-corrected chi connectivity index (χ0v) is 11.9. The first-order chi connectivity index (χ1) is 8.10. The van der Waals surface area contributed by atoms with E-state index in [0.717, 1.165) is 23.4 Å². The summed E-state index contributed by atoms with van der Waals surface area (Å²) in [6, 6.07) is 0. The molecule has 94 valence electrons. The maximum atomic E-state index is 5.72. The van der Waals surface area contributed by atoms with Gasteiger partial charge in [-0.2, -0.15) is 4.98 Å². The third-order valence-corrected chi connectivity index (χ3v) is 3.23. The number of nitrogens with zero attached hydrogens (tertiary/aromatic N) is 3. The Labute approximate surface area is 110 Å². The highest BCUT2D eigenvalue weighted by molar-refractivity contribution is 9.10. The molecule has 0 spiro atoms. The van der Waals surface area contributed by atoms with Crippen LogP contribution < -0.4 is 10.2 Å². The summed E-state index contributed by atoms with van der Waals surface area (Å²) in [5, 5.41) is 2.96. The molecule has 1 aliphatic rings. The van der Waals surface area contributed by atoms with Gasteiger partial charge in [0.1, 0.15) is 5.82 Å². The Balaban J connectivity index is 2.26. The first-order valence-corrected chi connectivity index (χ1v) is 6.50. The minimum absolute atomic E-state index is 0.221. The monoisotopic (exact) mass is 300 g/mol. The Hall–Kier alpha value is -0.880. The standard InChI is InChI=1S/C11H17BrN4O/c1-7-5-16(6-8(2)17-7)10-9(12)4-14-11(13-3)15-10/h4,7-8H,5-6H2,1-3H3,(H,13,14,15)/t7-,8+. The quantitative estimate of drug-likeness (QED) is 0.904. The van der Waals surface area contributed by atoms with Gasteiger partial charge in [0.15, 0.2) is 0 Å². The lowest BCUT2D eigenvalue weighted by atomic mass is 10.2. The number of anilines is 2. The van der Waals surface area contributed by atoms with E-state index in [1.807, 2.05) is 7.05 Å². The molecule has 1 aromatic rings. The van der Waals surface area contributed by atoms with E-state index in [9.17, 15) is 0 Å². The van der Waals surface area contributed by atoms with E-state index in [4.69, 9.17) is 4.74 Å². The molecule has 1 aromatic heterocycles. The molecular weight excluding hydrogens is 284 g/mol. The molecule has 0 amide bonds. The molecule has 1 aliphatic heterocycles. The maximum Gasteiger partial charge on any atom is 0.224 e. The van der Waals surface area contributed by atoms with Gasteiger partial charge >= 0.3 is 0 Å². The van der Waals surface area contributed by atoms with Crippen LogP contribution in [0.3, 0.4) is 0 Å². The molecule has 0 aliphatic carbocycles. The fourth-order valence-electron chi connectivity index (χ4n) is 2.05. The van der Waals surface area contributed by atoms with Crippen molar-refractivity contribution in [2.75, 3.05) is 30.4 Å². The summed E-state index contributed by atoms with van der Waals surface area (Å²) in [6.07, 6.45) is 2.22. The van der Waals surface area contributed by atoms with Crippen LogP contribution in [-0.4, -0.2) is 42.3 Å². The summed E-state index contributed by atoms with van der Waals surface area (Å²) >= 11 is 3.50. The maximum absolute atomic E-state index is 5.72. The minimum atomic E-state index is 0.221. The van der Waals surface area contributed by atoms with Crippen LogP contribution in [0.5, 0.6) is 0 Å². The Bertz CT molecular complexity index is 391. The molecule has 0 radical (unpaired) electrons. The number of aromatic nitrogens is 2. The molecule has 0 aromatic carbocycles. The van der Waals surface area contributed by atoms with E-state index in [2.05, 4.69) is 50.0 Å². The summed E-state index contributed by atoms with van der Waals surface area (Å²) in [5.74, 6) is 1.56. The molecule has 1 saturated heterocycles. The summed E-state index contributed by atoms with van der Waals surface area (Å²) in [6.45, 7) is 5.86. The normalized spacial score (nSPS) is 24.8. The van der Waals surface area contributed by atoms with Crippen LogP contribution >= 0.6 is 15.9 Å². The van der Waals surface area contributed by atoms with Gasteiger partial charge in [-0.15, -0.1) is 0 Å². The van der Waals surface area contributed by atoms with Gasteiger partial charge in [0.2, 0.25) is 5.95 Å². The molecular formula is C11H17BrN4O. The number of ether oxygens (including phenoxy) is 1. The van der Waals surface area contributed by atoms with Gasteiger partial charge in [0.05, 0.1) is 16.7 Å². The fraction of sp³-hybridized carbons (Fsp3) is 0.636. The molecule has 5 nitrogen and oxygen atoms in total. The Morgan fingerprint density at radius 2 is 2.06 bits per heavy atom. The average Bonchev–Trinajstić information content (AvgIpc) is 2.28. The highest BCUT2D eigenvalue weighted by Gasteiger charge is 2.24. The van der Waals surface area contributed by atoms with Gasteiger partial charge in [0.25, 0.3) is 0 Å². The number of morpholine rings is 1. The lowest BCUT2D eigenvalue weighted by Gasteiger charge is -2.36. The van der Waals surface area contributed by atoms with Crippen LogP contribution in [0.4, 0.5) is 11.8 Å². The largest absolute Gasteiger partial charge is 0.372 e. The topological polar surface area (TPSA) is 50.3 Å². The molecule has 2 atom stereocenters. The first-order valence-electron chi connectivity index (χ1n) is 5.71. The molecule has 1 fully saturated rings. The van der Waals surface area contributed by atoms with E-state index < -0.39 is 0 Å². The molecule has 2 rings (SSSR count). The SMILES string of the molecule is CNc1ncc(Br)c(N2C[C@@H](C)O[C@@H](C)C2)n1. The first kappa shape index (κ1) is 12.6. The second-order valence-electron chi connectivity index (χ2n) is 4.28. The highest BCUT2D eigenvalue weighted by Crippen LogP contribution is 2.26. The van der Waals surface area contributed by atoms with Crippen LogP contribution in [0.15, 0.2) is 10.7 Å². The third-order valence-electron chi connectivity index (χ3n) is 2.67. The average molecular weight is 301 g/mol. The van der Waals surface area contributed by atoms with Crippen molar-refractivity contribution in [2.24, 2.45) is 0 Å². The zero-order chi connectivity index (χ0) is 12.4. The van der Waals surface area contributed by atoms with Crippen molar-refractivity contribution in [2.45, 2.75) is 26.1 Å². The zero-order valence-electron chi connectivity index (χ0n) is 10.3. The van der Waals surface area contributed by atoms with Crippen molar-refractivity contribution in [3.63, 3.8) is 0 Å². The second-order valence-corrected chi connectivity index (χ2v) is 5.13. The van der Waals surface area contributed by atoms with Gasteiger partial charge < -0.3 is 15.0 Å². The van der Waals surface area contributed by atoms with Crippen LogP contribution in [0.1, 0.15) is 13.8 Å². The number of rotatable bonds is 2. The summed E-state index contributed by atoms with van der Waals surface area (Å²) in [5.41, 5.74) is 0. The summed E-state index contributed by atoms with van der Waals surface area (Å²) in [4.78, 5) is 10.9. The van der Waals surface area contributed by atoms with E-state index >= 15 is 0 Å². The summed E-state index contributed by atoms with van der Waals surface area (Å²) in [7, 11) is 1.82. The molecule has 0 saturated carbocycles. The van der Waals surface area contributed by atoms with E-state index in [1.54, 1.807) is 6.20 Å². The minimum Gasteiger partial charge on any atom is -0.372 e. The number of hydrogen-bond donors (Lipinski definition) is 1. The smallest absolute Gasteiger partial charge is 0.224 e.